The molecular formula is C14H13ClINO5. The minimum atomic E-state index is -1.26. The van der Waals surface area contributed by atoms with Gasteiger partial charge >= 0.3 is 11.9 Å². The van der Waals surface area contributed by atoms with Crippen molar-refractivity contribution in [2.24, 2.45) is 0 Å². The molecule has 6 nitrogen and oxygen atoms in total. The van der Waals surface area contributed by atoms with E-state index in [1.165, 1.54) is 27.2 Å². The first kappa shape index (κ1) is 16.9. The summed E-state index contributed by atoms with van der Waals surface area (Å²) in [6.45, 7) is 2.97. The van der Waals surface area contributed by atoms with Crippen LogP contribution in [0.3, 0.4) is 0 Å². The van der Waals surface area contributed by atoms with E-state index >= 15 is 0 Å². The maximum atomic E-state index is 11.8. The smallest absolute Gasteiger partial charge is 0.350 e. The van der Waals surface area contributed by atoms with Crippen LogP contribution in [-0.2, 0) is 19.1 Å². The van der Waals surface area contributed by atoms with Crippen molar-refractivity contribution in [2.45, 2.75) is 19.6 Å². The zero-order valence-electron chi connectivity index (χ0n) is 12.0. The van der Waals surface area contributed by atoms with E-state index < -0.39 is 17.7 Å². The molecule has 0 bridgehead atoms. The summed E-state index contributed by atoms with van der Waals surface area (Å²) in [4.78, 5) is 23.6. The Morgan fingerprint density at radius 2 is 1.86 bits per heavy atom. The number of hydrogen-bond donors (Lipinski definition) is 1. The second-order valence-corrected chi connectivity index (χ2v) is 6.42. The minimum Gasteiger partial charge on any atom is -0.495 e. The van der Waals surface area contributed by atoms with Gasteiger partial charge in [-0.15, -0.1) is 0 Å². The average molecular weight is 438 g/mol. The normalized spacial score (nSPS) is 16.7. The third kappa shape index (κ3) is 3.64. The first-order chi connectivity index (χ1) is 10.2. The summed E-state index contributed by atoms with van der Waals surface area (Å²) in [5, 5.41) is 3.32. The number of rotatable bonds is 3. The molecule has 8 heteroatoms. The summed E-state index contributed by atoms with van der Waals surface area (Å²) in [5.41, 5.74) is 0.406. The van der Waals surface area contributed by atoms with E-state index in [1.807, 2.05) is 0 Å². The fourth-order valence-electron chi connectivity index (χ4n) is 1.72. The highest BCUT2D eigenvalue weighted by molar-refractivity contribution is 14.1. The molecule has 0 spiro atoms. The van der Waals surface area contributed by atoms with Crippen LogP contribution in [0, 0.1) is 3.57 Å². The molecule has 2 rings (SSSR count). The van der Waals surface area contributed by atoms with E-state index in [4.69, 9.17) is 25.8 Å². The summed E-state index contributed by atoms with van der Waals surface area (Å²) in [7, 11) is 1.49. The van der Waals surface area contributed by atoms with Crippen LogP contribution >= 0.6 is 34.2 Å². The molecule has 1 aromatic rings. The Labute approximate surface area is 145 Å². The van der Waals surface area contributed by atoms with Gasteiger partial charge in [-0.1, -0.05) is 11.6 Å². The van der Waals surface area contributed by atoms with Gasteiger partial charge in [0.2, 0.25) is 0 Å². The molecule has 0 aromatic heterocycles. The van der Waals surface area contributed by atoms with Crippen LogP contribution in [0.5, 0.6) is 5.75 Å². The van der Waals surface area contributed by atoms with Crippen LogP contribution in [0.4, 0.5) is 5.69 Å². The van der Waals surface area contributed by atoms with Crippen molar-refractivity contribution in [3.8, 4) is 5.75 Å². The Hall–Kier alpha value is -1.48. The Balaban J connectivity index is 2.25. The number of ether oxygens (including phenoxy) is 3. The topological polar surface area (TPSA) is 73.9 Å². The predicted octanol–water partition coefficient (Wildman–Crippen LogP) is 3.09. The van der Waals surface area contributed by atoms with Crippen LogP contribution in [-0.4, -0.2) is 24.8 Å². The molecule has 1 aliphatic heterocycles. The van der Waals surface area contributed by atoms with E-state index in [0.29, 0.717) is 16.5 Å². The van der Waals surface area contributed by atoms with Crippen molar-refractivity contribution < 1.29 is 23.8 Å². The molecule has 0 radical (unpaired) electrons. The lowest BCUT2D eigenvalue weighted by atomic mass is 10.2. The summed E-state index contributed by atoms with van der Waals surface area (Å²) in [6, 6.07) is 3.35. The number of hydrogen-bond acceptors (Lipinski definition) is 6. The molecule has 22 heavy (non-hydrogen) atoms. The second-order valence-electron chi connectivity index (χ2n) is 4.85. The van der Waals surface area contributed by atoms with Crippen LogP contribution in [0.2, 0.25) is 5.02 Å². The molecule has 0 saturated carbocycles. The molecule has 1 saturated heterocycles. The third-order valence-corrected chi connectivity index (χ3v) is 3.92. The van der Waals surface area contributed by atoms with Crippen molar-refractivity contribution in [3.63, 3.8) is 0 Å². The monoisotopic (exact) mass is 437 g/mol. The Morgan fingerprint density at radius 1 is 1.27 bits per heavy atom. The summed E-state index contributed by atoms with van der Waals surface area (Å²) in [5.74, 6) is -2.28. The van der Waals surface area contributed by atoms with Gasteiger partial charge in [0.1, 0.15) is 5.75 Å². The van der Waals surface area contributed by atoms with Gasteiger partial charge in [-0.2, -0.15) is 0 Å². The molecule has 1 aromatic carbocycles. The average Bonchev–Trinajstić information content (AvgIpc) is 2.38. The van der Waals surface area contributed by atoms with Gasteiger partial charge in [-0.3, -0.25) is 0 Å². The fraction of sp³-hybridized carbons (Fsp3) is 0.286. The van der Waals surface area contributed by atoms with Crippen molar-refractivity contribution in [2.75, 3.05) is 12.4 Å². The lowest BCUT2D eigenvalue weighted by molar-refractivity contribution is -0.222. The summed E-state index contributed by atoms with van der Waals surface area (Å²) >= 11 is 8.07. The third-order valence-electron chi connectivity index (χ3n) is 2.73. The first-order valence-corrected chi connectivity index (χ1v) is 7.65. The highest BCUT2D eigenvalue weighted by atomic mass is 127. The van der Waals surface area contributed by atoms with Crippen molar-refractivity contribution in [3.05, 3.63) is 32.5 Å². The number of benzene rings is 1. The quantitative estimate of drug-likeness (QED) is 0.339. The number of carbonyl (C=O) groups excluding carboxylic acids is 2. The largest absolute Gasteiger partial charge is 0.495 e. The van der Waals surface area contributed by atoms with Crippen LogP contribution in [0.25, 0.3) is 0 Å². The van der Waals surface area contributed by atoms with E-state index in [2.05, 4.69) is 27.9 Å². The molecule has 0 amide bonds. The van der Waals surface area contributed by atoms with Gasteiger partial charge in [0.15, 0.2) is 5.57 Å². The zero-order valence-corrected chi connectivity index (χ0v) is 14.9. The number of esters is 2. The van der Waals surface area contributed by atoms with Gasteiger partial charge in [-0.05, 0) is 28.7 Å². The van der Waals surface area contributed by atoms with Gasteiger partial charge in [0.25, 0.3) is 5.79 Å². The number of cyclic esters (lactones) is 2. The molecule has 1 aliphatic rings. The highest BCUT2D eigenvalue weighted by Crippen LogP contribution is 2.32. The number of methoxy groups -OCH3 is 1. The molecule has 0 atom stereocenters. The van der Waals surface area contributed by atoms with Crippen LogP contribution in [0.1, 0.15) is 13.8 Å². The molecule has 1 heterocycles. The van der Waals surface area contributed by atoms with E-state index in [9.17, 15) is 9.59 Å². The molecule has 0 unspecified atom stereocenters. The lowest BCUT2D eigenvalue weighted by Gasteiger charge is -2.29. The molecule has 0 aliphatic carbocycles. The maximum absolute atomic E-state index is 11.8. The standard InChI is InChI=1S/C14H13ClINO5/c1-14(2)21-12(18)7(13(19)22-14)6-17-10-5-11(20-3)8(15)4-9(10)16/h4-6,17H,1-3H3. The molecule has 1 N–H and O–H groups in total. The fourth-order valence-corrected chi connectivity index (χ4v) is 2.77. The lowest BCUT2D eigenvalue weighted by Crippen LogP contribution is -2.42. The number of anilines is 1. The van der Waals surface area contributed by atoms with E-state index in [0.717, 1.165) is 3.57 Å². The first-order valence-electron chi connectivity index (χ1n) is 6.20. The number of nitrogens with one attached hydrogen (secondary N) is 1. The number of halogens is 2. The summed E-state index contributed by atoms with van der Waals surface area (Å²) in [6.07, 6.45) is 1.24. The van der Waals surface area contributed by atoms with Crippen LogP contribution < -0.4 is 10.1 Å². The molecular weight excluding hydrogens is 425 g/mol. The maximum Gasteiger partial charge on any atom is 0.350 e. The predicted molar refractivity (Wildman–Crippen MR) is 88.7 cm³/mol. The summed E-state index contributed by atoms with van der Waals surface area (Å²) < 4.78 is 15.9. The van der Waals surface area contributed by atoms with Gasteiger partial charge in [0.05, 0.1) is 17.8 Å². The number of carbonyl (C=O) groups is 2. The van der Waals surface area contributed by atoms with Gasteiger partial charge < -0.3 is 19.5 Å². The molecule has 1 fully saturated rings. The van der Waals surface area contributed by atoms with Crippen molar-refractivity contribution in [1.82, 2.24) is 0 Å². The minimum absolute atomic E-state index is 0.218. The second kappa shape index (κ2) is 6.33. The van der Waals surface area contributed by atoms with E-state index in [1.54, 1.807) is 12.1 Å². The van der Waals surface area contributed by atoms with Crippen LogP contribution in [0.15, 0.2) is 23.9 Å². The zero-order chi connectivity index (χ0) is 16.5. The van der Waals surface area contributed by atoms with Gasteiger partial charge in [-0.25, -0.2) is 9.59 Å². The van der Waals surface area contributed by atoms with Gasteiger partial charge in [0, 0.05) is 29.7 Å². The highest BCUT2D eigenvalue weighted by Gasteiger charge is 2.38. The van der Waals surface area contributed by atoms with Crippen molar-refractivity contribution >= 4 is 51.8 Å². The Morgan fingerprint density at radius 3 is 2.41 bits per heavy atom. The Bertz CT molecular complexity index is 649. The SMILES string of the molecule is COc1cc(NC=C2C(=O)OC(C)(C)OC2=O)c(I)cc1Cl. The molecule has 118 valence electrons. The Kier molecular flexibility index (Phi) is 4.86. The van der Waals surface area contributed by atoms with Crippen molar-refractivity contribution in [1.29, 1.82) is 0 Å². The van der Waals surface area contributed by atoms with E-state index in [-0.39, 0.29) is 5.57 Å².